The second kappa shape index (κ2) is 8.26. The maximum absolute atomic E-state index is 13.4. The molecule has 1 aromatic carbocycles. The van der Waals surface area contributed by atoms with Crippen molar-refractivity contribution in [3.05, 3.63) is 47.8 Å². The summed E-state index contributed by atoms with van der Waals surface area (Å²) in [6, 6.07) is 8.14. The number of rotatable bonds is 4. The van der Waals surface area contributed by atoms with Gasteiger partial charge in [0.15, 0.2) is 0 Å². The molecule has 0 amide bonds. The molecule has 2 aliphatic heterocycles. The third-order valence-corrected chi connectivity index (χ3v) is 6.91. The van der Waals surface area contributed by atoms with Crippen LogP contribution in [0.25, 0.3) is 10.9 Å². The normalized spacial score (nSPS) is 24.4. The second-order valence-electron chi connectivity index (χ2n) is 8.35. The summed E-state index contributed by atoms with van der Waals surface area (Å²) in [6.07, 6.45) is 7.21. The number of hydrogen-bond donors (Lipinski definition) is 0. The summed E-state index contributed by atoms with van der Waals surface area (Å²) < 4.78 is 12.8. The molecule has 3 heterocycles. The monoisotopic (exact) mass is 410 g/mol. The molecule has 0 spiro atoms. The number of esters is 1. The first-order valence-corrected chi connectivity index (χ1v) is 10.7. The summed E-state index contributed by atoms with van der Waals surface area (Å²) >= 11 is 0. The molecule has 4 rings (SSSR count). The Morgan fingerprint density at radius 1 is 1.27 bits per heavy atom. The molecule has 0 unspecified atom stereocenters. The van der Waals surface area contributed by atoms with Gasteiger partial charge in [-0.25, -0.2) is 4.79 Å². The van der Waals surface area contributed by atoms with E-state index >= 15 is 0 Å². The minimum Gasteiger partial charge on any atom is -0.466 e. The molecule has 6 heteroatoms. The second-order valence-corrected chi connectivity index (χ2v) is 8.35. The fourth-order valence-corrected chi connectivity index (χ4v) is 5.35. The molecule has 1 aromatic heterocycles. The van der Waals surface area contributed by atoms with E-state index in [0.29, 0.717) is 6.42 Å². The van der Waals surface area contributed by atoms with Gasteiger partial charge >= 0.3 is 5.97 Å². The summed E-state index contributed by atoms with van der Waals surface area (Å²) in [7, 11) is 3.16. The highest BCUT2D eigenvalue weighted by Gasteiger charge is 2.48. The first-order valence-electron chi connectivity index (χ1n) is 10.7. The number of hydrogen-bond acceptors (Lipinski definition) is 5. The SMILES string of the molecule is CC[C@]12CCCN(/C=C/C(=O)OC)CCc3c(n(c4ccccc34)C(=O)C1)[C@H]2OC. The Balaban J connectivity index is 1.85. The van der Waals surface area contributed by atoms with Gasteiger partial charge in [-0.05, 0) is 37.3 Å². The van der Waals surface area contributed by atoms with Crippen LogP contribution in [0.4, 0.5) is 0 Å². The van der Waals surface area contributed by atoms with E-state index in [1.807, 2.05) is 29.0 Å². The van der Waals surface area contributed by atoms with E-state index in [9.17, 15) is 9.59 Å². The third-order valence-electron chi connectivity index (χ3n) is 6.91. The lowest BCUT2D eigenvalue weighted by Gasteiger charge is -2.44. The van der Waals surface area contributed by atoms with E-state index < -0.39 is 0 Å². The molecule has 2 aromatic rings. The van der Waals surface area contributed by atoms with Gasteiger partial charge < -0.3 is 14.4 Å². The number of methoxy groups -OCH3 is 2. The molecule has 30 heavy (non-hydrogen) atoms. The van der Waals surface area contributed by atoms with Gasteiger partial charge in [0.1, 0.15) is 6.10 Å². The number of fused-ring (bicyclic) bond motifs is 4. The summed E-state index contributed by atoms with van der Waals surface area (Å²) in [5.74, 6) is -0.177. The molecule has 2 bridgehead atoms. The summed E-state index contributed by atoms with van der Waals surface area (Å²) in [6.45, 7) is 3.75. The van der Waals surface area contributed by atoms with Gasteiger partial charge in [0.2, 0.25) is 5.91 Å². The quantitative estimate of drug-likeness (QED) is 0.561. The minimum absolute atomic E-state index is 0.0974. The largest absolute Gasteiger partial charge is 0.466 e. The van der Waals surface area contributed by atoms with Gasteiger partial charge in [-0.15, -0.1) is 0 Å². The highest BCUT2D eigenvalue weighted by molar-refractivity contribution is 5.97. The average Bonchev–Trinajstić information content (AvgIpc) is 3.09. The molecule has 2 aliphatic rings. The third kappa shape index (κ3) is 3.33. The van der Waals surface area contributed by atoms with Gasteiger partial charge in [0.25, 0.3) is 0 Å². The van der Waals surface area contributed by atoms with Crippen molar-refractivity contribution >= 4 is 22.8 Å². The Bertz CT molecular complexity index is 992. The summed E-state index contributed by atoms with van der Waals surface area (Å²) in [5, 5.41) is 1.12. The van der Waals surface area contributed by atoms with Crippen LogP contribution >= 0.6 is 0 Å². The predicted octanol–water partition coefficient (Wildman–Crippen LogP) is 4.09. The molecular weight excluding hydrogens is 380 g/mol. The topological polar surface area (TPSA) is 60.8 Å². The number of aromatic nitrogens is 1. The molecule has 0 saturated carbocycles. The van der Waals surface area contributed by atoms with Crippen LogP contribution in [-0.4, -0.2) is 48.7 Å². The lowest BCUT2D eigenvalue weighted by Crippen LogP contribution is -2.42. The Morgan fingerprint density at radius 3 is 2.80 bits per heavy atom. The highest BCUT2D eigenvalue weighted by Crippen LogP contribution is 2.52. The van der Waals surface area contributed by atoms with Crippen LogP contribution < -0.4 is 0 Å². The van der Waals surface area contributed by atoms with Crippen molar-refractivity contribution in [1.82, 2.24) is 9.47 Å². The van der Waals surface area contributed by atoms with Gasteiger partial charge in [0.05, 0.1) is 18.3 Å². The van der Waals surface area contributed by atoms with E-state index in [1.54, 1.807) is 7.11 Å². The number of carbonyl (C=O) groups is 2. The Hall–Kier alpha value is -2.60. The first-order chi connectivity index (χ1) is 14.5. The maximum Gasteiger partial charge on any atom is 0.331 e. The molecule has 6 nitrogen and oxygen atoms in total. The molecule has 0 aliphatic carbocycles. The van der Waals surface area contributed by atoms with Crippen molar-refractivity contribution < 1.29 is 19.1 Å². The smallest absolute Gasteiger partial charge is 0.331 e. The number of carbonyl (C=O) groups excluding carboxylic acids is 2. The first kappa shape index (κ1) is 20.7. The minimum atomic E-state index is -0.349. The lowest BCUT2D eigenvalue weighted by molar-refractivity contribution is -0.134. The van der Waals surface area contributed by atoms with Crippen molar-refractivity contribution in [2.75, 3.05) is 27.3 Å². The molecule has 0 saturated heterocycles. The van der Waals surface area contributed by atoms with E-state index in [-0.39, 0.29) is 23.4 Å². The fraction of sp³-hybridized carbons (Fsp3) is 0.500. The standard InChI is InChI=1S/C24H30N2O4/c1-4-24-12-7-13-25(15-11-21(28)29-2)14-10-18-17-8-5-6-9-19(17)26(20(27)16-24)22(18)23(24)30-3/h5-6,8-9,11,15,23H,4,7,10,12-14,16H2,1-3H3/b15-11+/t23-,24+/m1/s1. The van der Waals surface area contributed by atoms with Crippen LogP contribution in [0.5, 0.6) is 0 Å². The van der Waals surface area contributed by atoms with Crippen molar-refractivity contribution in [2.45, 2.75) is 45.1 Å². The molecule has 0 N–H and O–H groups in total. The molecule has 0 fully saturated rings. The van der Waals surface area contributed by atoms with Crippen LogP contribution in [0.15, 0.2) is 36.5 Å². The van der Waals surface area contributed by atoms with Crippen LogP contribution in [0.2, 0.25) is 0 Å². The van der Waals surface area contributed by atoms with Gasteiger partial charge in [-0.1, -0.05) is 25.1 Å². The zero-order valence-corrected chi connectivity index (χ0v) is 18.0. The number of ether oxygens (including phenoxy) is 2. The van der Waals surface area contributed by atoms with Crippen molar-refractivity contribution in [2.24, 2.45) is 5.41 Å². The van der Waals surface area contributed by atoms with Gasteiger partial charge in [-0.3, -0.25) is 9.36 Å². The van der Waals surface area contributed by atoms with Crippen molar-refractivity contribution in [3.63, 3.8) is 0 Å². The zero-order valence-electron chi connectivity index (χ0n) is 18.0. The van der Waals surface area contributed by atoms with Gasteiger partial charge in [-0.2, -0.15) is 0 Å². The van der Waals surface area contributed by atoms with E-state index in [2.05, 4.69) is 17.9 Å². The van der Waals surface area contributed by atoms with Gasteiger partial charge in [0, 0.05) is 49.7 Å². The van der Waals surface area contributed by atoms with Crippen LogP contribution in [0.1, 0.15) is 54.8 Å². The van der Waals surface area contributed by atoms with Crippen LogP contribution in [0, 0.1) is 5.41 Å². The Labute approximate surface area is 177 Å². The number of nitrogens with zero attached hydrogens (tertiary/aromatic N) is 2. The fourth-order valence-electron chi connectivity index (χ4n) is 5.35. The predicted molar refractivity (Wildman–Crippen MR) is 115 cm³/mol. The molecule has 160 valence electrons. The molecular formula is C24H30N2O4. The van der Waals surface area contributed by atoms with Crippen molar-refractivity contribution in [1.29, 1.82) is 0 Å². The summed E-state index contributed by atoms with van der Waals surface area (Å²) in [4.78, 5) is 27.1. The number of para-hydroxylation sites is 1. The zero-order chi connectivity index (χ0) is 21.3. The maximum atomic E-state index is 13.4. The van der Waals surface area contributed by atoms with E-state index in [1.165, 1.54) is 18.7 Å². The van der Waals surface area contributed by atoms with Crippen LogP contribution in [-0.2, 0) is 20.7 Å². The van der Waals surface area contributed by atoms with E-state index in [4.69, 9.17) is 9.47 Å². The van der Waals surface area contributed by atoms with Crippen LogP contribution in [0.3, 0.4) is 0 Å². The highest BCUT2D eigenvalue weighted by atomic mass is 16.5. The average molecular weight is 411 g/mol. The molecule has 2 atom stereocenters. The Morgan fingerprint density at radius 2 is 2.07 bits per heavy atom. The van der Waals surface area contributed by atoms with Crippen molar-refractivity contribution in [3.8, 4) is 0 Å². The lowest BCUT2D eigenvalue weighted by atomic mass is 9.69. The Kier molecular flexibility index (Phi) is 5.69. The van der Waals surface area contributed by atoms with E-state index in [0.717, 1.165) is 55.4 Å². The number of benzene rings is 1. The summed E-state index contributed by atoms with van der Waals surface area (Å²) in [5.41, 5.74) is 2.97. The molecule has 0 radical (unpaired) electrons.